The third kappa shape index (κ3) is 3.44. The molecular formula is C15H15Cl2N5O2. The molecule has 1 atom stereocenters. The number of hydrogen-bond donors (Lipinski definition) is 2. The van der Waals surface area contributed by atoms with Gasteiger partial charge >= 0.3 is 0 Å². The lowest BCUT2D eigenvalue weighted by Crippen LogP contribution is -2.16. The van der Waals surface area contributed by atoms with Crippen molar-refractivity contribution in [2.45, 2.75) is 12.7 Å². The highest BCUT2D eigenvalue weighted by atomic mass is 35.5. The van der Waals surface area contributed by atoms with Crippen molar-refractivity contribution in [1.29, 1.82) is 0 Å². The van der Waals surface area contributed by atoms with Crippen molar-refractivity contribution in [3.05, 3.63) is 51.9 Å². The molecule has 0 fully saturated rings. The zero-order valence-corrected chi connectivity index (χ0v) is 14.3. The summed E-state index contributed by atoms with van der Waals surface area (Å²) in [5, 5.41) is 18.5. The van der Waals surface area contributed by atoms with Crippen LogP contribution in [0.1, 0.15) is 17.4 Å². The highest BCUT2D eigenvalue weighted by Gasteiger charge is 2.16. The number of hydrogen-bond acceptors (Lipinski definition) is 6. The highest BCUT2D eigenvalue weighted by molar-refractivity contribution is 6.36. The Morgan fingerprint density at radius 1 is 1.33 bits per heavy atom. The molecule has 1 aromatic carbocycles. The van der Waals surface area contributed by atoms with Crippen LogP contribution in [-0.2, 0) is 11.3 Å². The second-order valence-electron chi connectivity index (χ2n) is 5.07. The number of aromatic nitrogens is 4. The van der Waals surface area contributed by atoms with E-state index in [0.717, 1.165) is 0 Å². The molecule has 2 N–H and O–H groups in total. The minimum atomic E-state index is -0.885. The predicted molar refractivity (Wildman–Crippen MR) is 91.4 cm³/mol. The molecule has 0 radical (unpaired) electrons. The molecule has 0 aliphatic heterocycles. The van der Waals surface area contributed by atoms with Crippen molar-refractivity contribution in [3.63, 3.8) is 0 Å². The number of methoxy groups -OCH3 is 1. The van der Waals surface area contributed by atoms with Crippen molar-refractivity contribution in [1.82, 2.24) is 19.6 Å². The van der Waals surface area contributed by atoms with Crippen molar-refractivity contribution < 1.29 is 9.84 Å². The van der Waals surface area contributed by atoms with Crippen molar-refractivity contribution >= 4 is 34.8 Å². The monoisotopic (exact) mass is 367 g/mol. The fourth-order valence-electron chi connectivity index (χ4n) is 2.34. The molecule has 0 amide bonds. The fraction of sp³-hybridized carbons (Fsp3) is 0.267. The van der Waals surface area contributed by atoms with Gasteiger partial charge in [-0.25, -0.2) is 4.98 Å². The summed E-state index contributed by atoms with van der Waals surface area (Å²) >= 11 is 12.2. The van der Waals surface area contributed by atoms with Gasteiger partial charge in [0.15, 0.2) is 0 Å². The summed E-state index contributed by atoms with van der Waals surface area (Å²) in [6.45, 7) is 0.534. The Morgan fingerprint density at radius 3 is 2.79 bits per heavy atom. The van der Waals surface area contributed by atoms with Crippen LogP contribution in [0, 0.1) is 0 Å². The van der Waals surface area contributed by atoms with Gasteiger partial charge in [-0.2, -0.15) is 14.6 Å². The summed E-state index contributed by atoms with van der Waals surface area (Å²) < 4.78 is 6.64. The normalized spacial score (nSPS) is 12.5. The molecule has 126 valence electrons. The first-order valence-electron chi connectivity index (χ1n) is 7.14. The summed E-state index contributed by atoms with van der Waals surface area (Å²) in [5.41, 5.74) is 1.18. The van der Waals surface area contributed by atoms with Crippen LogP contribution in [0.5, 0.6) is 0 Å². The van der Waals surface area contributed by atoms with Crippen LogP contribution in [0.3, 0.4) is 0 Å². The quantitative estimate of drug-likeness (QED) is 0.696. The molecule has 0 saturated carbocycles. The molecule has 1 unspecified atom stereocenters. The molecule has 3 aromatic rings. The number of ether oxygens (including phenoxy) is 1. The van der Waals surface area contributed by atoms with Gasteiger partial charge in [-0.1, -0.05) is 29.3 Å². The number of anilines is 1. The number of halogens is 2. The van der Waals surface area contributed by atoms with Gasteiger partial charge in [-0.3, -0.25) is 0 Å². The number of fused-ring (bicyclic) bond motifs is 1. The van der Waals surface area contributed by atoms with E-state index < -0.39 is 6.10 Å². The smallest absolute Gasteiger partial charge is 0.254 e. The molecular weight excluding hydrogens is 353 g/mol. The molecule has 0 aliphatic rings. The van der Waals surface area contributed by atoms with Crippen LogP contribution in [-0.4, -0.2) is 38.3 Å². The van der Waals surface area contributed by atoms with E-state index in [2.05, 4.69) is 20.4 Å². The highest BCUT2D eigenvalue weighted by Crippen LogP contribution is 2.30. The molecule has 2 heterocycles. The van der Waals surface area contributed by atoms with E-state index in [9.17, 15) is 5.11 Å². The summed E-state index contributed by atoms with van der Waals surface area (Å²) in [6, 6.07) is 6.88. The Kier molecular flexibility index (Phi) is 5.15. The first-order valence-corrected chi connectivity index (χ1v) is 7.90. The first kappa shape index (κ1) is 16.9. The van der Waals surface area contributed by atoms with Gasteiger partial charge in [0.25, 0.3) is 5.78 Å². The standard InChI is InChI=1S/C15H15Cl2N5O2/c1-24-7-9-5-13(22-15(21-9)19-8-20-22)18-6-12(23)14-10(16)3-2-4-11(14)17/h2-5,8,12,18,23H,6-7H2,1H3. The lowest BCUT2D eigenvalue weighted by Gasteiger charge is -2.16. The molecule has 9 heteroatoms. The zero-order valence-electron chi connectivity index (χ0n) is 12.8. The minimum absolute atomic E-state index is 0.189. The maximum Gasteiger partial charge on any atom is 0.254 e. The van der Waals surface area contributed by atoms with Gasteiger partial charge < -0.3 is 15.2 Å². The molecule has 7 nitrogen and oxygen atoms in total. The van der Waals surface area contributed by atoms with Gasteiger partial charge in [0.05, 0.1) is 18.4 Å². The SMILES string of the molecule is COCc1cc(NCC(O)c2c(Cl)cccc2Cl)n2ncnc2n1. The van der Waals surface area contributed by atoms with E-state index in [1.807, 2.05) is 0 Å². The van der Waals surface area contributed by atoms with E-state index in [0.29, 0.717) is 39.5 Å². The summed E-state index contributed by atoms with van der Waals surface area (Å²) in [5.74, 6) is 1.07. The van der Waals surface area contributed by atoms with Crippen LogP contribution in [0.2, 0.25) is 10.0 Å². The fourth-order valence-corrected chi connectivity index (χ4v) is 2.99. The average Bonchev–Trinajstić information content (AvgIpc) is 3.01. The van der Waals surface area contributed by atoms with Crippen LogP contribution < -0.4 is 5.32 Å². The summed E-state index contributed by atoms with van der Waals surface area (Å²) in [4.78, 5) is 8.39. The third-order valence-corrected chi connectivity index (χ3v) is 4.07. The third-order valence-electron chi connectivity index (χ3n) is 3.41. The average molecular weight is 368 g/mol. The van der Waals surface area contributed by atoms with Gasteiger partial charge in [0.2, 0.25) is 0 Å². The van der Waals surface area contributed by atoms with Crippen LogP contribution in [0.15, 0.2) is 30.6 Å². The number of aliphatic hydroxyl groups is 1. The van der Waals surface area contributed by atoms with E-state index in [-0.39, 0.29) is 6.54 Å². The number of nitrogens with zero attached hydrogens (tertiary/aromatic N) is 4. The van der Waals surface area contributed by atoms with Gasteiger partial charge in [-0.15, -0.1) is 0 Å². The van der Waals surface area contributed by atoms with Crippen molar-refractivity contribution in [3.8, 4) is 0 Å². The molecule has 24 heavy (non-hydrogen) atoms. The Bertz CT molecular complexity index is 835. The van der Waals surface area contributed by atoms with E-state index >= 15 is 0 Å². The molecule has 0 aliphatic carbocycles. The van der Waals surface area contributed by atoms with Crippen LogP contribution >= 0.6 is 23.2 Å². The second kappa shape index (κ2) is 7.31. The van der Waals surface area contributed by atoms with E-state index in [1.54, 1.807) is 35.9 Å². The number of aliphatic hydroxyl groups excluding tert-OH is 1. The molecule has 0 spiro atoms. The number of rotatable bonds is 6. The predicted octanol–water partition coefficient (Wildman–Crippen LogP) is 2.72. The van der Waals surface area contributed by atoms with Crippen LogP contribution in [0.4, 0.5) is 5.82 Å². The first-order chi connectivity index (χ1) is 11.6. The Balaban J connectivity index is 1.83. The van der Waals surface area contributed by atoms with Gasteiger partial charge in [0.1, 0.15) is 12.1 Å². The summed E-state index contributed by atoms with van der Waals surface area (Å²) in [6.07, 6.45) is 0.523. The Labute approximate surface area is 148 Å². The minimum Gasteiger partial charge on any atom is -0.386 e. The maximum atomic E-state index is 10.4. The second-order valence-corrected chi connectivity index (χ2v) is 5.88. The lowest BCUT2D eigenvalue weighted by molar-refractivity contribution is 0.181. The Morgan fingerprint density at radius 2 is 2.08 bits per heavy atom. The molecule has 0 saturated heterocycles. The Hall–Kier alpha value is -1.93. The number of benzene rings is 1. The van der Waals surface area contributed by atoms with Gasteiger partial charge in [0, 0.05) is 35.3 Å². The lowest BCUT2D eigenvalue weighted by atomic mass is 10.1. The number of nitrogens with one attached hydrogen (secondary N) is 1. The molecule has 3 rings (SSSR count). The van der Waals surface area contributed by atoms with Crippen LogP contribution in [0.25, 0.3) is 5.78 Å². The molecule has 0 bridgehead atoms. The van der Waals surface area contributed by atoms with Gasteiger partial charge in [-0.05, 0) is 12.1 Å². The maximum absolute atomic E-state index is 10.4. The van der Waals surface area contributed by atoms with Crippen molar-refractivity contribution in [2.75, 3.05) is 19.0 Å². The van der Waals surface area contributed by atoms with E-state index in [1.165, 1.54) is 6.33 Å². The van der Waals surface area contributed by atoms with Crippen molar-refractivity contribution in [2.24, 2.45) is 0 Å². The largest absolute Gasteiger partial charge is 0.386 e. The topological polar surface area (TPSA) is 84.6 Å². The molecule has 2 aromatic heterocycles. The summed E-state index contributed by atoms with van der Waals surface area (Å²) in [7, 11) is 1.59. The zero-order chi connectivity index (χ0) is 17.1. The van der Waals surface area contributed by atoms with E-state index in [4.69, 9.17) is 27.9 Å².